The van der Waals surface area contributed by atoms with Gasteiger partial charge < -0.3 is 61.2 Å². The first-order valence-electron chi connectivity index (χ1n) is 46.2. The van der Waals surface area contributed by atoms with Crippen LogP contribution in [0.25, 0.3) is 0 Å². The third kappa shape index (κ3) is 13.4. The number of aliphatic carboxylic acids is 1. The van der Waals surface area contributed by atoms with Crippen LogP contribution in [-0.2, 0) is 28.7 Å². The molecule has 17 fully saturated rings. The number of carboxylic acid groups (broad SMARTS) is 1. The monoisotopic (exact) mass is 1600 g/mol. The molecule has 20 heteroatoms. The van der Waals surface area contributed by atoms with E-state index in [1.165, 1.54) is 83.5 Å². The van der Waals surface area contributed by atoms with Gasteiger partial charge in [0.1, 0.15) is 19.0 Å². The third-order valence-corrected chi connectivity index (χ3v) is 40.0. The van der Waals surface area contributed by atoms with Gasteiger partial charge in [-0.1, -0.05) is 60.8 Å². The maximum atomic E-state index is 12.5. The molecule has 0 aromatic carbocycles. The van der Waals surface area contributed by atoms with Crippen molar-refractivity contribution in [2.45, 2.75) is 365 Å². The predicted octanol–water partition coefficient (Wildman–Crippen LogP) is 14.3. The number of esters is 2. The third-order valence-electron chi connectivity index (χ3n) is 39.9. The van der Waals surface area contributed by atoms with Gasteiger partial charge in [-0.15, -0.1) is 0 Å². The zero-order chi connectivity index (χ0) is 80.9. The van der Waals surface area contributed by atoms with Crippen molar-refractivity contribution in [1.29, 1.82) is 0 Å². The lowest BCUT2D eigenvalue weighted by Gasteiger charge is -2.65. The Morgan fingerprint density at radius 2 is 0.877 bits per heavy atom. The average Bonchev–Trinajstić information content (AvgIpc) is 1.48. The number of nitrogens with one attached hydrogen (secondary N) is 1. The van der Waals surface area contributed by atoms with E-state index >= 15 is 0 Å². The number of ketones is 1. The number of hydrazone groups is 1. The number of aliphatic imine (C=N–C) groups is 1. The smallest absolute Gasteiger partial charge is 0.331 e. The number of Topliss-reactive ketones (excluding diaryl/α,β-unsaturated/α-hetero) is 1. The van der Waals surface area contributed by atoms with Gasteiger partial charge in [-0.05, 0) is 366 Å². The van der Waals surface area contributed by atoms with Crippen molar-refractivity contribution in [2.24, 2.45) is 154 Å². The highest BCUT2D eigenvalue weighted by molar-refractivity contribution is 7.80. The van der Waals surface area contributed by atoms with Crippen molar-refractivity contribution >= 4 is 53.5 Å². The number of carbonyl (C=O) groups is 4. The number of hydrogen-bond acceptors (Lipinski definition) is 17. The van der Waals surface area contributed by atoms with Crippen molar-refractivity contribution in [3.8, 4) is 0 Å². The number of rotatable bonds is 8. The Labute approximate surface area is 684 Å². The summed E-state index contributed by atoms with van der Waals surface area (Å²) in [5.41, 5.74) is 5.87. The van der Waals surface area contributed by atoms with E-state index in [1.807, 2.05) is 6.92 Å². The lowest BCUT2D eigenvalue weighted by atomic mass is 9.41. The van der Waals surface area contributed by atoms with Crippen molar-refractivity contribution in [2.75, 3.05) is 13.2 Å². The molecule has 0 saturated heterocycles. The van der Waals surface area contributed by atoms with Crippen LogP contribution in [0.1, 0.15) is 312 Å². The van der Waals surface area contributed by atoms with E-state index < -0.39 is 51.4 Å². The van der Waals surface area contributed by atoms with Crippen molar-refractivity contribution in [1.82, 2.24) is 5.43 Å². The number of carboxylic acids is 1. The van der Waals surface area contributed by atoms with Crippen molar-refractivity contribution < 1.29 is 74.6 Å². The van der Waals surface area contributed by atoms with Gasteiger partial charge in [0.25, 0.3) is 0 Å². The predicted molar refractivity (Wildman–Crippen MR) is 440 cm³/mol. The Kier molecular flexibility index (Phi) is 22.6. The fourth-order valence-corrected chi connectivity index (χ4v) is 34.0. The summed E-state index contributed by atoms with van der Waals surface area (Å²) in [7, 11) is 0. The molecule has 0 bridgehead atoms. The molecule has 2 aliphatic heterocycles. The zero-order valence-electron chi connectivity index (χ0n) is 70.2. The van der Waals surface area contributed by atoms with Crippen molar-refractivity contribution in [3.05, 3.63) is 23.3 Å². The van der Waals surface area contributed by atoms with E-state index in [0.29, 0.717) is 111 Å². The minimum atomic E-state index is -1.09. The second kappa shape index (κ2) is 30.7. The number of ether oxygens (including phenoxy) is 2. The molecular weight excluding hydrogens is 1460 g/mol. The highest BCUT2D eigenvalue weighted by atomic mass is 32.1. The number of aliphatic hydroxyl groups is 8. The van der Waals surface area contributed by atoms with Gasteiger partial charge >= 0.3 is 17.9 Å². The molecule has 12 N–H and O–H groups in total. The summed E-state index contributed by atoms with van der Waals surface area (Å²) in [6.07, 6.45) is 45.4. The molecule has 2 heterocycles. The maximum absolute atomic E-state index is 12.5. The minimum absolute atomic E-state index is 0.00771. The Morgan fingerprint density at radius 3 is 1.32 bits per heavy atom. The summed E-state index contributed by atoms with van der Waals surface area (Å²) in [4.78, 5) is 52.6. The van der Waals surface area contributed by atoms with Gasteiger partial charge in [0.05, 0.1) is 52.7 Å². The number of nitrogens with zero attached hydrogens (tertiary/aromatic N) is 2. The number of fused-ring (bicyclic) bond motifs is 20. The van der Waals surface area contributed by atoms with Crippen LogP contribution in [0.5, 0.6) is 0 Å². The van der Waals surface area contributed by atoms with Gasteiger partial charge in [0, 0.05) is 71.0 Å². The van der Waals surface area contributed by atoms with Crippen molar-refractivity contribution in [3.63, 3.8) is 0 Å². The second-order valence-corrected chi connectivity index (χ2v) is 44.2. The Hall–Kier alpha value is -3.73. The lowest BCUT2D eigenvalue weighted by Crippen LogP contribution is -2.68. The summed E-state index contributed by atoms with van der Waals surface area (Å²) in [5.74, 6) is 6.10. The second-order valence-electron chi connectivity index (χ2n) is 43.8. The molecule has 0 radical (unpaired) electrons. The molecule has 19 aliphatic rings. The molecular formula is C94H144N4O15S. The van der Waals surface area contributed by atoms with E-state index in [9.17, 15) is 65.1 Å². The standard InChI is InChI=1S/C29H43NO5.C24H35N3O5S.C21H34O2.C20H32O3/c1-26-11-8-23-24(29(26,34)14-10-22(26)19-15-25(32)35-17-19)9-13-28(33)16-21(31)7-12-27(23,28)18-30-20-5-3-2-4-6-20;1-21-6-3-17-18(24(21,31)9-5-16(21)14-10-19(29)32-12-14)4-8-23(30)11-15(28)2-7-22(17,23)13-26-27-20(25)33;1-13(22)17-6-7-18-16-5-4-14-12-15(23)8-10-20(14,2)19(16)9-11-21(17,18)3;1-19-9-7-13(21)11-12(19)3-4-14-15-5-6-17(18(22)23)20(15,2)10-8-16(14)19/h15,18,20-24,31,33-34H,2-14,16-17H2,1H3;10,13,15-18,28,30-31H,2-9,11-12H2,1H3,(H3,25,27,33);14-19,23H,4-12H2,1-3H3;12-17,21H,3-11H2,1-2H3,(H,22,23)/b;26-13+;;/t21-,22?,23+,24-,26?,27?,28?,29?;15-,16?,17+,18-,21?,22?,23?,24?;14-,15?,16?,17?,18?,19?,20?,21?;12?,13-,14?,15?,16?,17?,19+,20+/m1101/s1. The molecule has 636 valence electrons. The lowest BCUT2D eigenvalue weighted by molar-refractivity contribution is -0.237. The minimum Gasteiger partial charge on any atom is -0.481 e. The summed E-state index contributed by atoms with van der Waals surface area (Å²) >= 11 is 4.91. The van der Waals surface area contributed by atoms with Crippen LogP contribution in [0.15, 0.2) is 33.4 Å². The maximum Gasteiger partial charge on any atom is 0.331 e. The zero-order valence-corrected chi connectivity index (χ0v) is 71.0. The molecule has 32 atom stereocenters. The van der Waals surface area contributed by atoms with E-state index in [-0.39, 0.29) is 92.3 Å². The number of carbonyl (C=O) groups excluding carboxylic acids is 3. The van der Waals surface area contributed by atoms with Crippen LogP contribution in [-0.4, -0.2) is 153 Å². The number of cyclic esters (lactones) is 2. The van der Waals surface area contributed by atoms with Crippen LogP contribution in [0.3, 0.4) is 0 Å². The topological polar surface area (TPSA) is 332 Å². The molecule has 0 aromatic rings. The van der Waals surface area contributed by atoms with Gasteiger partial charge in [-0.3, -0.25) is 20.0 Å². The summed E-state index contributed by atoms with van der Waals surface area (Å²) in [6, 6.07) is 0.342. The quantitative estimate of drug-likeness (QED) is 0.0465. The number of hydrogen-bond donors (Lipinski definition) is 11. The van der Waals surface area contributed by atoms with Crippen LogP contribution in [0, 0.1) is 138 Å². The average molecular weight is 1600 g/mol. The van der Waals surface area contributed by atoms with E-state index in [1.54, 1.807) is 18.4 Å². The summed E-state index contributed by atoms with van der Waals surface area (Å²) < 4.78 is 10.5. The molecule has 17 saturated carbocycles. The first-order chi connectivity index (χ1) is 54.0. The summed E-state index contributed by atoms with van der Waals surface area (Å²) in [5, 5.41) is 104. The molecule has 19 rings (SSSR count). The van der Waals surface area contributed by atoms with Crippen LogP contribution in [0.2, 0.25) is 0 Å². The molecule has 19 nitrogen and oxygen atoms in total. The molecule has 0 aromatic heterocycles. The normalized spacial score (nSPS) is 52.1. The number of nitrogens with two attached hydrogens (primary N) is 1. The van der Waals surface area contributed by atoms with E-state index in [2.05, 4.69) is 58.3 Å². The highest BCUT2D eigenvalue weighted by Crippen LogP contribution is 2.75. The molecule has 0 amide bonds. The Bertz CT molecular complexity index is 3700. The number of thiocarbonyl (C=S) groups is 1. The van der Waals surface area contributed by atoms with E-state index in [4.69, 9.17) is 32.4 Å². The van der Waals surface area contributed by atoms with Gasteiger partial charge in [0.15, 0.2) is 5.11 Å². The molecule has 17 aliphatic carbocycles. The van der Waals surface area contributed by atoms with E-state index in [0.717, 1.165) is 169 Å². The largest absolute Gasteiger partial charge is 0.481 e. The first kappa shape index (κ1) is 83.9. The van der Waals surface area contributed by atoms with Gasteiger partial charge in [0.2, 0.25) is 0 Å². The van der Waals surface area contributed by atoms with Gasteiger partial charge in [-0.25, -0.2) is 9.59 Å². The molecule has 22 unspecified atom stereocenters. The molecule has 0 spiro atoms. The SMILES string of the molecule is CC(=O)C1CCC2C3CC[C@H]4CC(O)CCC4(C)C3CCC12C.CC12CC[C@H]3[C@@H](CCC4(O)C[C@H](O)CCC34/C=N/NC(N)=S)C1(O)CCC2C1=CC(=O)OC1.CC12CC[C@H]3[C@@H](CCC4(O)C[C@H](O)CCC34C=NC3CCCCC3)C1(O)CCC2C1=CC(=O)OC1.C[C@]12CC[C@@H](O)CC1CCC1C2CC[C@]2(C)C(C(=O)O)CCC12. The number of aliphatic hydroxyl groups excluding tert-OH is 4. The van der Waals surface area contributed by atoms with Crippen LogP contribution in [0.4, 0.5) is 0 Å². The fraction of sp³-hybridized carbons (Fsp3) is 0.883. The van der Waals surface area contributed by atoms with Gasteiger partial charge in [-0.2, -0.15) is 5.10 Å². The fourth-order valence-electron chi connectivity index (χ4n) is 33.9. The Balaban J connectivity index is 0.000000116. The first-order valence-corrected chi connectivity index (χ1v) is 46.6. The van der Waals surface area contributed by atoms with Crippen LogP contribution < -0.4 is 11.2 Å². The highest BCUT2D eigenvalue weighted by Gasteiger charge is 2.74. The molecule has 114 heavy (non-hydrogen) atoms. The summed E-state index contributed by atoms with van der Waals surface area (Å²) in [6.45, 7) is 16.7. The Morgan fingerprint density at radius 1 is 0.465 bits per heavy atom. The van der Waals surface area contributed by atoms with Crippen LogP contribution >= 0.6 is 12.2 Å².